The molecule has 2 aromatic heterocycles. The summed E-state index contributed by atoms with van der Waals surface area (Å²) in [5.74, 6) is 1.16. The summed E-state index contributed by atoms with van der Waals surface area (Å²) < 4.78 is 15.2. The van der Waals surface area contributed by atoms with Crippen LogP contribution >= 0.6 is 0 Å². The minimum absolute atomic E-state index is 0. The predicted molar refractivity (Wildman–Crippen MR) is 386 cm³/mol. The van der Waals surface area contributed by atoms with Crippen molar-refractivity contribution in [3.8, 4) is 39.5 Å². The molecule has 1 radical (unpaired) electrons. The van der Waals surface area contributed by atoms with Crippen molar-refractivity contribution < 1.29 is 24.5 Å². The van der Waals surface area contributed by atoms with E-state index in [1.54, 1.807) is 6.07 Å². The van der Waals surface area contributed by atoms with Crippen molar-refractivity contribution in [3.63, 3.8) is 0 Å². The molecule has 0 saturated heterocycles. The molecule has 2 aliphatic rings. The minimum atomic E-state index is -0.275. The molecule has 0 amide bonds. The van der Waals surface area contributed by atoms with Crippen LogP contribution in [0, 0.1) is 31.8 Å². The SMILES string of the molecule is CC(C)c1cccc(C(C)C)c1-n1c(-c2[c-]cccc2)nc2cccc(-c3cc4c5c(c3)N(c3ccc(C(C)(C)C)cc3)c3ccc(C(C)(C)C)cc3B5c3cc(C(C)(C)C)ccc3N4c3ccc(C(C)(C)C)cc3)c21.Cc1cnc(-c2[c-]cc(F)cc2)cc1C.[Ir]. The monoisotopic (exact) mass is 1390 g/mol. The Morgan fingerprint density at radius 1 is 0.489 bits per heavy atom. The molecule has 0 bridgehead atoms. The van der Waals surface area contributed by atoms with Gasteiger partial charge in [0.1, 0.15) is 0 Å². The van der Waals surface area contributed by atoms with E-state index in [1.165, 1.54) is 95.9 Å². The van der Waals surface area contributed by atoms with E-state index in [-0.39, 0.29) is 66.1 Å². The molecule has 0 N–H and O–H groups in total. The summed E-state index contributed by atoms with van der Waals surface area (Å²) in [6, 6.07) is 73.3. The molecule has 5 nitrogen and oxygen atoms in total. The van der Waals surface area contributed by atoms with Gasteiger partial charge in [0.05, 0.1) is 16.9 Å². The number of imidazole rings is 1. The molecule has 0 spiro atoms. The van der Waals surface area contributed by atoms with Gasteiger partial charge in [0.15, 0.2) is 0 Å². The second-order valence-corrected chi connectivity index (χ2v) is 30.1. The van der Waals surface area contributed by atoms with Crippen LogP contribution < -0.4 is 26.2 Å². The van der Waals surface area contributed by atoms with E-state index in [0.717, 1.165) is 61.7 Å². The van der Waals surface area contributed by atoms with E-state index < -0.39 is 0 Å². The van der Waals surface area contributed by atoms with Crippen LogP contribution in [0.4, 0.5) is 38.5 Å². The molecule has 0 saturated carbocycles. The van der Waals surface area contributed by atoms with Crippen LogP contribution in [-0.4, -0.2) is 21.2 Å². The van der Waals surface area contributed by atoms with Gasteiger partial charge in [-0.3, -0.25) is 9.37 Å². The Morgan fingerprint density at radius 2 is 1.00 bits per heavy atom. The van der Waals surface area contributed by atoms with Gasteiger partial charge < -0.3 is 19.4 Å². The van der Waals surface area contributed by atoms with Gasteiger partial charge in [-0.05, 0) is 169 Å². The van der Waals surface area contributed by atoms with E-state index in [2.05, 4.69) is 288 Å². The number of fused-ring (bicyclic) bond motifs is 5. The number of hydrogen-bond donors (Lipinski definition) is 0. The van der Waals surface area contributed by atoms with Crippen LogP contribution in [0.3, 0.4) is 0 Å². The zero-order chi connectivity index (χ0) is 64.8. The molecule has 2 aliphatic heterocycles. The molecule has 469 valence electrons. The van der Waals surface area contributed by atoms with Crippen LogP contribution in [0.1, 0.15) is 167 Å². The summed E-state index contributed by atoms with van der Waals surface area (Å²) in [6.07, 6.45) is 1.82. The number of hydrogen-bond acceptors (Lipinski definition) is 4. The Morgan fingerprint density at radius 3 is 1.46 bits per heavy atom. The molecule has 9 aromatic carbocycles. The molecule has 13 rings (SSSR count). The maximum Gasteiger partial charge on any atom is 0.252 e. The molecule has 92 heavy (non-hydrogen) atoms. The summed E-state index contributed by atoms with van der Waals surface area (Å²) in [5.41, 5.74) is 29.3. The van der Waals surface area contributed by atoms with Crippen molar-refractivity contribution in [3.05, 3.63) is 251 Å². The van der Waals surface area contributed by atoms with Crippen molar-refractivity contribution >= 4 is 68.3 Å². The van der Waals surface area contributed by atoms with Gasteiger partial charge in [-0.25, -0.2) is 0 Å². The van der Waals surface area contributed by atoms with E-state index in [0.29, 0.717) is 0 Å². The van der Waals surface area contributed by atoms with E-state index in [4.69, 9.17) is 4.98 Å². The first kappa shape index (κ1) is 65.3. The largest absolute Gasteiger partial charge is 0.332 e. The molecular weight excluding hydrogens is 1300 g/mol. The summed E-state index contributed by atoms with van der Waals surface area (Å²) in [7, 11) is 0. The zero-order valence-electron chi connectivity index (χ0n) is 57.1. The van der Waals surface area contributed by atoms with Gasteiger partial charge in [-0.2, -0.15) is 0 Å². The fraction of sp³-hybridized carbons (Fsp3) is 0.286. The van der Waals surface area contributed by atoms with Gasteiger partial charge in [-0.15, -0.1) is 65.7 Å². The average Bonchev–Trinajstić information content (AvgIpc) is 0.714. The average molecular weight is 1390 g/mol. The van der Waals surface area contributed by atoms with Crippen molar-refractivity contribution in [1.82, 2.24) is 14.5 Å². The topological polar surface area (TPSA) is 37.2 Å². The van der Waals surface area contributed by atoms with E-state index >= 15 is 0 Å². The third-order valence-corrected chi connectivity index (χ3v) is 18.7. The number of pyridine rings is 1. The summed E-state index contributed by atoms with van der Waals surface area (Å²) >= 11 is 0. The Balaban J connectivity index is 0.000000475. The maximum atomic E-state index is 12.7. The molecule has 8 heteroatoms. The standard InChI is InChI=1S/C71H76BN4.C13H11FN.Ir/c1-44(2)54-24-20-25-55(45(3)4)65(54)76-66-56(26-21-27-59(66)73-67(76)46-22-18-17-19-23-46)47-40-62-64-63(41-47)75(53-36-30-49(31-37-53)69(8,9)10)61-39-33-51(71(14,15)16)43-58(61)72(64)57-42-50(70(11,12)13)32-38-60(57)74(62)52-34-28-48(29-35-52)68(5,6)7;1-9-7-13(15-8-10(9)2)11-3-5-12(14)6-4-11;/h17-22,24-45H,1-16H3;3,5-8H,1-2H3;/q2*-1;. The number of aromatic nitrogens is 3. The first-order valence-corrected chi connectivity index (χ1v) is 32.6. The molecular formula is C84H87BFIrN5-2. The van der Waals surface area contributed by atoms with Crippen LogP contribution in [0.15, 0.2) is 188 Å². The molecule has 0 unspecified atom stereocenters. The number of nitrogens with zero attached hydrogens (tertiary/aromatic N) is 5. The molecule has 0 fully saturated rings. The molecule has 0 aliphatic carbocycles. The van der Waals surface area contributed by atoms with Crippen LogP contribution in [0.25, 0.3) is 50.5 Å². The minimum Gasteiger partial charge on any atom is -0.332 e. The van der Waals surface area contributed by atoms with E-state index in [9.17, 15) is 4.39 Å². The van der Waals surface area contributed by atoms with Crippen molar-refractivity contribution in [2.75, 3.05) is 9.80 Å². The number of anilines is 6. The Hall–Kier alpha value is -8.16. The van der Waals surface area contributed by atoms with Crippen LogP contribution in [0.5, 0.6) is 0 Å². The Bertz CT molecular complexity index is 4360. The van der Waals surface area contributed by atoms with Gasteiger partial charge in [0, 0.05) is 77.5 Å². The Labute approximate surface area is 561 Å². The van der Waals surface area contributed by atoms with E-state index in [1.807, 2.05) is 38.2 Å². The maximum absolute atomic E-state index is 12.7. The van der Waals surface area contributed by atoms with Crippen molar-refractivity contribution in [2.45, 2.75) is 158 Å². The van der Waals surface area contributed by atoms with Crippen LogP contribution in [-0.2, 0) is 41.8 Å². The first-order valence-electron chi connectivity index (χ1n) is 32.6. The van der Waals surface area contributed by atoms with Crippen LogP contribution in [0.2, 0.25) is 0 Å². The number of para-hydroxylation sites is 2. The number of halogens is 1. The third-order valence-electron chi connectivity index (χ3n) is 18.7. The fourth-order valence-electron chi connectivity index (χ4n) is 13.3. The van der Waals surface area contributed by atoms with Gasteiger partial charge in [0.2, 0.25) is 0 Å². The zero-order valence-corrected chi connectivity index (χ0v) is 59.5. The smallest absolute Gasteiger partial charge is 0.252 e. The van der Waals surface area contributed by atoms with Gasteiger partial charge in [0.25, 0.3) is 6.71 Å². The summed E-state index contributed by atoms with van der Waals surface area (Å²) in [5, 5.41) is 0. The molecule has 0 atom stereocenters. The first-order chi connectivity index (χ1) is 43.1. The Kier molecular flexibility index (Phi) is 17.6. The summed E-state index contributed by atoms with van der Waals surface area (Å²) in [6.45, 7) is 41.2. The number of benzene rings is 9. The van der Waals surface area contributed by atoms with Gasteiger partial charge >= 0.3 is 0 Å². The van der Waals surface area contributed by atoms with Crippen molar-refractivity contribution in [1.29, 1.82) is 0 Å². The van der Waals surface area contributed by atoms with Gasteiger partial charge in [-0.1, -0.05) is 201 Å². The molecule has 4 heterocycles. The number of aryl methyl sites for hydroxylation is 2. The van der Waals surface area contributed by atoms with Crippen molar-refractivity contribution in [2.24, 2.45) is 0 Å². The fourth-order valence-corrected chi connectivity index (χ4v) is 13.3. The summed E-state index contributed by atoms with van der Waals surface area (Å²) in [4.78, 5) is 15.1. The second kappa shape index (κ2) is 24.7. The normalized spacial score (nSPS) is 13.0. The predicted octanol–water partition coefficient (Wildman–Crippen LogP) is 21.0. The number of rotatable bonds is 8. The second-order valence-electron chi connectivity index (χ2n) is 30.1. The molecule has 11 aromatic rings. The quantitative estimate of drug-likeness (QED) is 0.112. The third kappa shape index (κ3) is 12.3.